The lowest BCUT2D eigenvalue weighted by Crippen LogP contribution is -2.21. The second kappa shape index (κ2) is 4.75. The molecule has 0 amide bonds. The minimum atomic E-state index is -0.282. The van der Waals surface area contributed by atoms with E-state index in [1.165, 1.54) is 10.9 Å². The first-order valence-corrected chi connectivity index (χ1v) is 6.29. The maximum Gasteiger partial charge on any atom is 0.148 e. The van der Waals surface area contributed by atoms with Crippen molar-refractivity contribution in [3.05, 3.63) is 46.4 Å². The third-order valence-electron chi connectivity index (χ3n) is 2.89. The van der Waals surface area contributed by atoms with Gasteiger partial charge < -0.3 is 10.6 Å². The average Bonchev–Trinajstić information content (AvgIpc) is 2.80. The van der Waals surface area contributed by atoms with Crippen molar-refractivity contribution in [2.24, 2.45) is 0 Å². The fourth-order valence-corrected chi connectivity index (χ4v) is 2.56. The van der Waals surface area contributed by atoms with Gasteiger partial charge in [0, 0.05) is 17.6 Å². The first kappa shape index (κ1) is 11.9. The molecule has 1 atom stereocenters. The lowest BCUT2D eigenvalue weighted by Gasteiger charge is -2.26. The van der Waals surface area contributed by atoms with Crippen LogP contribution in [0.4, 0.5) is 15.8 Å². The monoisotopic (exact) mass is 250 g/mol. The molecule has 1 unspecified atom stereocenters. The molecule has 0 fully saturated rings. The van der Waals surface area contributed by atoms with E-state index in [9.17, 15) is 4.39 Å². The van der Waals surface area contributed by atoms with Gasteiger partial charge in [0.2, 0.25) is 0 Å². The Hall–Kier alpha value is -1.55. The van der Waals surface area contributed by atoms with Crippen molar-refractivity contribution in [2.75, 3.05) is 17.7 Å². The zero-order chi connectivity index (χ0) is 12.4. The lowest BCUT2D eigenvalue weighted by molar-refractivity contribution is 0.613. The summed E-state index contributed by atoms with van der Waals surface area (Å²) in [5.41, 5.74) is 6.56. The molecule has 0 bridgehead atoms. The molecule has 4 heteroatoms. The molecule has 17 heavy (non-hydrogen) atoms. The van der Waals surface area contributed by atoms with E-state index in [1.54, 1.807) is 23.5 Å². The Morgan fingerprint density at radius 2 is 2.12 bits per heavy atom. The molecule has 0 aliphatic carbocycles. The molecule has 0 saturated heterocycles. The van der Waals surface area contributed by atoms with Gasteiger partial charge in [-0.3, -0.25) is 0 Å². The molecule has 0 saturated carbocycles. The number of anilines is 2. The van der Waals surface area contributed by atoms with Crippen LogP contribution in [0.25, 0.3) is 0 Å². The molecule has 1 aromatic carbocycles. The highest BCUT2D eigenvalue weighted by Gasteiger charge is 2.16. The first-order chi connectivity index (χ1) is 8.09. The molecule has 0 radical (unpaired) electrons. The Bertz CT molecular complexity index is 496. The number of hydrogen-bond acceptors (Lipinski definition) is 3. The molecule has 2 aromatic rings. The number of thiophene rings is 1. The highest BCUT2D eigenvalue weighted by Crippen LogP contribution is 2.30. The smallest absolute Gasteiger partial charge is 0.148 e. The molecule has 1 aromatic heterocycles. The second-order valence-electron chi connectivity index (χ2n) is 4.01. The summed E-state index contributed by atoms with van der Waals surface area (Å²) in [4.78, 5) is 3.13. The first-order valence-electron chi connectivity index (χ1n) is 5.41. The molecule has 2 rings (SSSR count). The third kappa shape index (κ3) is 2.42. The van der Waals surface area contributed by atoms with Gasteiger partial charge in [-0.05, 0) is 36.6 Å². The SMILES string of the molecule is CC(c1cccs1)N(C)c1ccc(N)cc1F. The normalized spacial score (nSPS) is 12.4. The third-order valence-corrected chi connectivity index (χ3v) is 3.93. The van der Waals surface area contributed by atoms with Crippen LogP contribution in [0.1, 0.15) is 17.8 Å². The Kier molecular flexibility index (Phi) is 3.33. The number of nitrogen functional groups attached to an aromatic ring is 1. The van der Waals surface area contributed by atoms with Crippen LogP contribution in [0.5, 0.6) is 0 Å². The van der Waals surface area contributed by atoms with Gasteiger partial charge in [0.25, 0.3) is 0 Å². The highest BCUT2D eigenvalue weighted by molar-refractivity contribution is 7.10. The predicted molar refractivity (Wildman–Crippen MR) is 71.9 cm³/mol. The molecule has 2 N–H and O–H groups in total. The van der Waals surface area contributed by atoms with Crippen LogP contribution < -0.4 is 10.6 Å². The van der Waals surface area contributed by atoms with Gasteiger partial charge in [0.05, 0.1) is 11.7 Å². The summed E-state index contributed by atoms with van der Waals surface area (Å²) in [6, 6.07) is 9.00. The lowest BCUT2D eigenvalue weighted by atomic mass is 10.2. The van der Waals surface area contributed by atoms with Crippen molar-refractivity contribution in [3.63, 3.8) is 0 Å². The zero-order valence-electron chi connectivity index (χ0n) is 9.85. The summed E-state index contributed by atoms with van der Waals surface area (Å²) < 4.78 is 13.8. The largest absolute Gasteiger partial charge is 0.399 e. The van der Waals surface area contributed by atoms with E-state index in [0.29, 0.717) is 11.4 Å². The van der Waals surface area contributed by atoms with Crippen molar-refractivity contribution in [1.29, 1.82) is 0 Å². The van der Waals surface area contributed by atoms with Crippen LogP contribution in [-0.2, 0) is 0 Å². The van der Waals surface area contributed by atoms with Gasteiger partial charge in [0.1, 0.15) is 5.82 Å². The highest BCUT2D eigenvalue weighted by atomic mass is 32.1. The average molecular weight is 250 g/mol. The van der Waals surface area contributed by atoms with Crippen molar-refractivity contribution in [1.82, 2.24) is 0 Å². The number of benzene rings is 1. The molecule has 2 nitrogen and oxygen atoms in total. The van der Waals surface area contributed by atoms with E-state index in [1.807, 2.05) is 23.4 Å². The number of rotatable bonds is 3. The van der Waals surface area contributed by atoms with Gasteiger partial charge in [-0.2, -0.15) is 0 Å². The molecular formula is C13H15FN2S. The number of hydrogen-bond donors (Lipinski definition) is 1. The Balaban J connectivity index is 2.28. The summed E-state index contributed by atoms with van der Waals surface area (Å²) in [5.74, 6) is -0.282. The van der Waals surface area contributed by atoms with Crippen molar-refractivity contribution >= 4 is 22.7 Å². The van der Waals surface area contributed by atoms with Crippen LogP contribution in [0, 0.1) is 5.82 Å². The summed E-state index contributed by atoms with van der Waals surface area (Å²) in [7, 11) is 1.89. The van der Waals surface area contributed by atoms with E-state index in [2.05, 4.69) is 13.0 Å². The van der Waals surface area contributed by atoms with Gasteiger partial charge in [0.15, 0.2) is 0 Å². The molecule has 90 valence electrons. The van der Waals surface area contributed by atoms with Gasteiger partial charge >= 0.3 is 0 Å². The fourth-order valence-electron chi connectivity index (χ4n) is 1.74. The predicted octanol–water partition coefficient (Wildman–Crippen LogP) is 3.67. The standard InChI is InChI=1S/C13H15FN2S/c1-9(13-4-3-7-17-13)16(2)12-6-5-10(15)8-11(12)14/h3-9H,15H2,1-2H3. The van der Waals surface area contributed by atoms with Gasteiger partial charge in [-0.15, -0.1) is 11.3 Å². The number of nitrogens with zero attached hydrogens (tertiary/aromatic N) is 1. The van der Waals surface area contributed by atoms with Crippen LogP contribution in [0.2, 0.25) is 0 Å². The van der Waals surface area contributed by atoms with E-state index < -0.39 is 0 Å². The Morgan fingerprint density at radius 3 is 2.71 bits per heavy atom. The molecular weight excluding hydrogens is 235 g/mol. The molecule has 0 aliphatic heterocycles. The van der Waals surface area contributed by atoms with Gasteiger partial charge in [-0.1, -0.05) is 6.07 Å². The number of halogens is 1. The van der Waals surface area contributed by atoms with Crippen LogP contribution in [-0.4, -0.2) is 7.05 Å². The zero-order valence-corrected chi connectivity index (χ0v) is 10.7. The number of nitrogens with two attached hydrogens (primary N) is 1. The van der Waals surface area contributed by atoms with Crippen molar-refractivity contribution < 1.29 is 4.39 Å². The summed E-state index contributed by atoms with van der Waals surface area (Å²) in [6.07, 6.45) is 0. The summed E-state index contributed by atoms with van der Waals surface area (Å²) in [6.45, 7) is 2.06. The Morgan fingerprint density at radius 1 is 1.35 bits per heavy atom. The molecule has 1 heterocycles. The topological polar surface area (TPSA) is 29.3 Å². The second-order valence-corrected chi connectivity index (χ2v) is 4.99. The summed E-state index contributed by atoms with van der Waals surface area (Å²) >= 11 is 1.67. The minimum Gasteiger partial charge on any atom is -0.399 e. The summed E-state index contributed by atoms with van der Waals surface area (Å²) in [5, 5.41) is 2.03. The van der Waals surface area contributed by atoms with Crippen LogP contribution in [0.3, 0.4) is 0 Å². The van der Waals surface area contributed by atoms with E-state index in [-0.39, 0.29) is 11.9 Å². The van der Waals surface area contributed by atoms with Crippen LogP contribution in [0.15, 0.2) is 35.7 Å². The fraction of sp³-hybridized carbons (Fsp3) is 0.231. The van der Waals surface area contributed by atoms with Gasteiger partial charge in [-0.25, -0.2) is 4.39 Å². The van der Waals surface area contributed by atoms with Crippen molar-refractivity contribution in [2.45, 2.75) is 13.0 Å². The van der Waals surface area contributed by atoms with Crippen LogP contribution >= 0.6 is 11.3 Å². The molecule has 0 aliphatic rings. The quantitative estimate of drug-likeness (QED) is 0.842. The van der Waals surface area contributed by atoms with E-state index in [0.717, 1.165) is 0 Å². The molecule has 0 spiro atoms. The maximum atomic E-state index is 13.8. The van der Waals surface area contributed by atoms with E-state index >= 15 is 0 Å². The van der Waals surface area contributed by atoms with Crippen molar-refractivity contribution in [3.8, 4) is 0 Å². The minimum absolute atomic E-state index is 0.146. The van der Waals surface area contributed by atoms with E-state index in [4.69, 9.17) is 5.73 Å². The maximum absolute atomic E-state index is 13.8. The Labute approximate surface area is 104 Å².